The monoisotopic (exact) mass is 260 g/mol. The van der Waals surface area contributed by atoms with Crippen LogP contribution in [-0.4, -0.2) is 17.9 Å². The van der Waals surface area contributed by atoms with E-state index in [0.29, 0.717) is 5.56 Å². The normalized spacial score (nSPS) is 12.3. The number of carbonyl (C=O) groups is 2. The Hall–Kier alpha value is -1.90. The number of hydrogen-bond acceptors (Lipinski definition) is 3. The van der Waals surface area contributed by atoms with Gasteiger partial charge in [0.25, 0.3) is 5.78 Å². The third kappa shape index (κ3) is 5.08. The van der Waals surface area contributed by atoms with Gasteiger partial charge in [0.05, 0.1) is 0 Å². The summed E-state index contributed by atoms with van der Waals surface area (Å²) in [6.07, 6.45) is 6.06. The molecule has 0 bridgehead atoms. The first-order chi connectivity index (χ1) is 9.19. The molecule has 1 aromatic rings. The number of Topliss-reactive ketones (excluding diaryl/α,β-unsaturated/α-hetero) is 1. The molecule has 0 spiro atoms. The van der Waals surface area contributed by atoms with E-state index >= 15 is 0 Å². The van der Waals surface area contributed by atoms with Crippen LogP contribution in [0.4, 0.5) is 0 Å². The van der Waals surface area contributed by atoms with E-state index in [1.165, 1.54) is 0 Å². The quantitative estimate of drug-likeness (QED) is 0.326. The second-order valence-corrected chi connectivity index (χ2v) is 4.31. The van der Waals surface area contributed by atoms with Crippen LogP contribution in [0.2, 0.25) is 0 Å². The molecule has 0 aliphatic carbocycles. The highest BCUT2D eigenvalue weighted by molar-refractivity contribution is 6.40. The zero-order valence-corrected chi connectivity index (χ0v) is 11.5. The lowest BCUT2D eigenvalue weighted by atomic mass is 10.1. The average Bonchev–Trinajstić information content (AvgIpc) is 2.45. The van der Waals surface area contributed by atoms with Crippen molar-refractivity contribution in [3.05, 3.63) is 48.0 Å². The molecule has 19 heavy (non-hydrogen) atoms. The largest absolute Gasteiger partial charge is 0.452 e. The SMILES string of the molecule is C/C=C/C(CCCC)OC(=O)C(=O)c1ccccc1. The van der Waals surface area contributed by atoms with Crippen molar-refractivity contribution in [2.45, 2.75) is 39.2 Å². The number of ether oxygens (including phenoxy) is 1. The summed E-state index contributed by atoms with van der Waals surface area (Å²) in [5.41, 5.74) is 0.363. The molecule has 0 radical (unpaired) electrons. The predicted octanol–water partition coefficient (Wildman–Crippen LogP) is 3.55. The predicted molar refractivity (Wildman–Crippen MR) is 75.0 cm³/mol. The van der Waals surface area contributed by atoms with Crippen LogP contribution in [0.3, 0.4) is 0 Å². The molecule has 1 unspecified atom stereocenters. The maximum absolute atomic E-state index is 11.9. The fourth-order valence-electron chi connectivity index (χ4n) is 1.71. The fourth-order valence-corrected chi connectivity index (χ4v) is 1.71. The van der Waals surface area contributed by atoms with Gasteiger partial charge < -0.3 is 4.74 Å². The number of hydrogen-bond donors (Lipinski definition) is 0. The highest BCUT2D eigenvalue weighted by Crippen LogP contribution is 2.09. The Morgan fingerprint density at radius 3 is 2.53 bits per heavy atom. The molecule has 1 rings (SSSR count). The van der Waals surface area contributed by atoms with Crippen LogP contribution in [0, 0.1) is 0 Å². The van der Waals surface area contributed by atoms with E-state index in [9.17, 15) is 9.59 Å². The van der Waals surface area contributed by atoms with Gasteiger partial charge in [0.1, 0.15) is 6.10 Å². The van der Waals surface area contributed by atoms with Crippen molar-refractivity contribution in [1.82, 2.24) is 0 Å². The van der Waals surface area contributed by atoms with Crippen LogP contribution in [0.1, 0.15) is 43.5 Å². The summed E-state index contributed by atoms with van der Waals surface area (Å²) in [5.74, 6) is -1.38. The van der Waals surface area contributed by atoms with Crippen molar-refractivity contribution >= 4 is 11.8 Å². The van der Waals surface area contributed by atoms with E-state index in [4.69, 9.17) is 4.74 Å². The molecule has 0 amide bonds. The van der Waals surface area contributed by atoms with Crippen LogP contribution in [-0.2, 0) is 9.53 Å². The number of allylic oxidation sites excluding steroid dienone is 1. The topological polar surface area (TPSA) is 43.4 Å². The van der Waals surface area contributed by atoms with E-state index in [1.54, 1.807) is 30.3 Å². The summed E-state index contributed by atoms with van der Waals surface area (Å²) >= 11 is 0. The number of esters is 1. The van der Waals surface area contributed by atoms with E-state index in [0.717, 1.165) is 19.3 Å². The molecule has 0 aliphatic heterocycles. The Kier molecular flexibility index (Phi) is 6.58. The molecule has 1 aromatic carbocycles. The van der Waals surface area contributed by atoms with Gasteiger partial charge in [0, 0.05) is 5.56 Å². The van der Waals surface area contributed by atoms with Crippen molar-refractivity contribution in [1.29, 1.82) is 0 Å². The third-order valence-corrected chi connectivity index (χ3v) is 2.73. The highest BCUT2D eigenvalue weighted by Gasteiger charge is 2.20. The summed E-state index contributed by atoms with van der Waals surface area (Å²) in [4.78, 5) is 23.6. The number of rotatable bonds is 7. The number of ketones is 1. The van der Waals surface area contributed by atoms with Gasteiger partial charge in [-0.1, -0.05) is 49.8 Å². The lowest BCUT2D eigenvalue weighted by Gasteiger charge is -2.13. The van der Waals surface area contributed by atoms with Crippen LogP contribution in [0.25, 0.3) is 0 Å². The standard InChI is InChI=1S/C16H20O3/c1-3-5-12-14(9-4-2)19-16(18)15(17)13-10-7-6-8-11-13/h4,6-11,14H,3,5,12H2,1-2H3/b9-4+. The Morgan fingerprint density at radius 1 is 1.26 bits per heavy atom. The van der Waals surface area contributed by atoms with E-state index < -0.39 is 11.8 Å². The zero-order valence-electron chi connectivity index (χ0n) is 11.5. The molecular weight excluding hydrogens is 240 g/mol. The lowest BCUT2D eigenvalue weighted by Crippen LogP contribution is -2.23. The Balaban J connectivity index is 2.64. The Morgan fingerprint density at radius 2 is 1.95 bits per heavy atom. The van der Waals surface area contributed by atoms with Gasteiger partial charge in [-0.15, -0.1) is 0 Å². The number of carbonyl (C=O) groups excluding carboxylic acids is 2. The molecule has 0 aliphatic rings. The highest BCUT2D eigenvalue weighted by atomic mass is 16.5. The molecule has 102 valence electrons. The van der Waals surface area contributed by atoms with Crippen molar-refractivity contribution in [3.8, 4) is 0 Å². The van der Waals surface area contributed by atoms with Gasteiger partial charge in [-0.2, -0.15) is 0 Å². The van der Waals surface area contributed by atoms with E-state index in [-0.39, 0.29) is 6.10 Å². The number of benzene rings is 1. The molecule has 3 nitrogen and oxygen atoms in total. The van der Waals surface area contributed by atoms with Gasteiger partial charge in [-0.05, 0) is 25.8 Å². The summed E-state index contributed by atoms with van der Waals surface area (Å²) in [6, 6.07) is 8.47. The molecule has 3 heteroatoms. The Labute approximate surface area is 114 Å². The van der Waals surface area contributed by atoms with Gasteiger partial charge in [0.2, 0.25) is 0 Å². The Bertz CT molecular complexity index is 435. The summed E-state index contributed by atoms with van der Waals surface area (Å²) in [5, 5.41) is 0. The smallest absolute Gasteiger partial charge is 0.380 e. The molecule has 0 saturated carbocycles. The third-order valence-electron chi connectivity index (χ3n) is 2.73. The first kappa shape index (κ1) is 15.2. The molecule has 0 fully saturated rings. The molecule has 0 aromatic heterocycles. The summed E-state index contributed by atoms with van der Waals surface area (Å²) < 4.78 is 5.23. The van der Waals surface area contributed by atoms with E-state index in [2.05, 4.69) is 6.92 Å². The van der Waals surface area contributed by atoms with Crippen molar-refractivity contribution in [2.24, 2.45) is 0 Å². The minimum atomic E-state index is -0.787. The second kappa shape index (κ2) is 8.25. The van der Waals surface area contributed by atoms with Gasteiger partial charge in [-0.3, -0.25) is 4.79 Å². The maximum Gasteiger partial charge on any atom is 0.380 e. The van der Waals surface area contributed by atoms with Crippen LogP contribution < -0.4 is 0 Å². The summed E-state index contributed by atoms with van der Waals surface area (Å²) in [7, 11) is 0. The zero-order chi connectivity index (χ0) is 14.1. The molecular formula is C16H20O3. The molecule has 0 saturated heterocycles. The van der Waals surface area contributed by atoms with E-state index in [1.807, 2.05) is 19.1 Å². The maximum atomic E-state index is 11.9. The van der Waals surface area contributed by atoms with Crippen molar-refractivity contribution in [2.75, 3.05) is 0 Å². The molecule has 0 N–H and O–H groups in total. The van der Waals surface area contributed by atoms with Crippen LogP contribution in [0.5, 0.6) is 0 Å². The fraction of sp³-hybridized carbons (Fsp3) is 0.375. The first-order valence-electron chi connectivity index (χ1n) is 6.62. The minimum Gasteiger partial charge on any atom is -0.452 e. The van der Waals surface area contributed by atoms with Gasteiger partial charge >= 0.3 is 5.97 Å². The number of unbranched alkanes of at least 4 members (excludes halogenated alkanes) is 1. The minimum absolute atomic E-state index is 0.315. The average molecular weight is 260 g/mol. The molecule has 1 atom stereocenters. The molecule has 0 heterocycles. The van der Waals surface area contributed by atoms with Crippen LogP contribution in [0.15, 0.2) is 42.5 Å². The van der Waals surface area contributed by atoms with Crippen LogP contribution >= 0.6 is 0 Å². The second-order valence-electron chi connectivity index (χ2n) is 4.31. The van der Waals surface area contributed by atoms with Gasteiger partial charge in [-0.25, -0.2) is 4.79 Å². The first-order valence-corrected chi connectivity index (χ1v) is 6.62. The van der Waals surface area contributed by atoms with Crippen molar-refractivity contribution < 1.29 is 14.3 Å². The summed E-state index contributed by atoms with van der Waals surface area (Å²) in [6.45, 7) is 3.94. The lowest BCUT2D eigenvalue weighted by molar-refractivity contribution is -0.141. The van der Waals surface area contributed by atoms with Crippen molar-refractivity contribution in [3.63, 3.8) is 0 Å². The van der Waals surface area contributed by atoms with Gasteiger partial charge in [0.15, 0.2) is 0 Å².